The van der Waals surface area contributed by atoms with Crippen LogP contribution in [0.3, 0.4) is 0 Å². The van der Waals surface area contributed by atoms with Crippen LogP contribution in [0.4, 0.5) is 8.78 Å². The zero-order valence-electron chi connectivity index (χ0n) is 21.9. The first-order valence-electron chi connectivity index (χ1n) is 12.7. The molecule has 0 aliphatic carbocycles. The first kappa shape index (κ1) is 27.7. The third-order valence-electron chi connectivity index (χ3n) is 6.64. The molecule has 41 heavy (non-hydrogen) atoms. The molecule has 208 valence electrons. The number of aryl methyl sites for hydroxylation is 1. The van der Waals surface area contributed by atoms with Crippen LogP contribution in [0.1, 0.15) is 34.7 Å². The molecule has 1 atom stereocenters. The lowest BCUT2D eigenvalue weighted by Gasteiger charge is -2.20. The zero-order valence-corrected chi connectivity index (χ0v) is 24.4. The highest BCUT2D eigenvalue weighted by Crippen LogP contribution is 2.56. The molecule has 1 N–H and O–H groups in total. The van der Waals surface area contributed by atoms with Crippen LogP contribution in [0.15, 0.2) is 92.4 Å². The topological polar surface area (TPSA) is 65.0 Å². The fourth-order valence-corrected chi connectivity index (χ4v) is 7.96. The number of fused-ring (bicyclic) bond motifs is 4. The highest BCUT2D eigenvalue weighted by atomic mass is 32.2. The molecule has 4 aromatic rings. The fourth-order valence-electron chi connectivity index (χ4n) is 4.70. The average Bonchev–Trinajstić information content (AvgIpc) is 3.21. The van der Waals surface area contributed by atoms with Crippen LogP contribution in [0, 0.1) is 11.6 Å². The summed E-state index contributed by atoms with van der Waals surface area (Å²) in [4.78, 5) is 13.8. The smallest absolute Gasteiger partial charge is 0.496 e. The number of hydrogen-bond donors (Lipinski definition) is 1. The third kappa shape index (κ3) is 5.31. The number of hydrogen-bond acceptors (Lipinski definition) is 6. The van der Waals surface area contributed by atoms with Gasteiger partial charge in [0.1, 0.15) is 28.9 Å². The Kier molecular flexibility index (Phi) is 7.47. The normalized spacial score (nSPS) is 15.0. The van der Waals surface area contributed by atoms with E-state index in [0.29, 0.717) is 38.0 Å². The van der Waals surface area contributed by atoms with Crippen molar-refractivity contribution in [2.45, 2.75) is 32.9 Å². The summed E-state index contributed by atoms with van der Waals surface area (Å²) >= 11 is 2.63. The molecule has 5 nitrogen and oxygen atoms in total. The van der Waals surface area contributed by atoms with Crippen LogP contribution in [0.5, 0.6) is 5.75 Å². The minimum Gasteiger partial charge on any atom is -0.496 e. The highest BCUT2D eigenvalue weighted by Gasteiger charge is 2.33. The van der Waals surface area contributed by atoms with Gasteiger partial charge in [0, 0.05) is 36.9 Å². The number of phosphoric acid groups is 1. The van der Waals surface area contributed by atoms with E-state index in [-0.39, 0.29) is 22.6 Å². The molecular weight excluding hydrogens is 585 g/mol. The Balaban J connectivity index is 1.45. The Morgan fingerprint density at radius 2 is 1.27 bits per heavy atom. The van der Waals surface area contributed by atoms with Gasteiger partial charge in [-0.15, -0.1) is 0 Å². The summed E-state index contributed by atoms with van der Waals surface area (Å²) in [6.45, 7) is 2.00. The average molecular weight is 609 g/mol. The quantitative estimate of drug-likeness (QED) is 0.219. The first-order valence-corrected chi connectivity index (χ1v) is 15.8. The van der Waals surface area contributed by atoms with Gasteiger partial charge in [0.15, 0.2) is 0 Å². The van der Waals surface area contributed by atoms with E-state index < -0.39 is 19.5 Å². The molecule has 2 heterocycles. The van der Waals surface area contributed by atoms with Crippen LogP contribution in [-0.4, -0.2) is 12.0 Å². The number of rotatable bonds is 6. The van der Waals surface area contributed by atoms with E-state index in [2.05, 4.69) is 0 Å². The van der Waals surface area contributed by atoms with E-state index in [4.69, 9.17) is 13.8 Å². The van der Waals surface area contributed by atoms with Crippen LogP contribution >= 0.6 is 31.3 Å². The molecule has 2 aliphatic heterocycles. The molecule has 4 aromatic carbocycles. The Morgan fingerprint density at radius 1 is 0.756 bits per heavy atom. The summed E-state index contributed by atoms with van der Waals surface area (Å²) in [6.07, 6.45) is 3.48. The largest absolute Gasteiger partial charge is 0.584 e. The molecule has 1 unspecified atom stereocenters. The molecule has 10 heteroatoms. The second-order valence-corrected chi connectivity index (χ2v) is 12.6. The second-order valence-electron chi connectivity index (χ2n) is 9.16. The molecule has 0 fully saturated rings. The Bertz CT molecular complexity index is 1680. The molecule has 0 spiro atoms. The molecule has 2 aliphatic rings. The van der Waals surface area contributed by atoms with Crippen LogP contribution < -0.4 is 4.74 Å². The van der Waals surface area contributed by atoms with Gasteiger partial charge in [0.25, 0.3) is 0 Å². The fraction of sp³-hybridized carbons (Fsp3) is 0.0968. The number of benzene rings is 4. The van der Waals surface area contributed by atoms with Crippen molar-refractivity contribution in [2.24, 2.45) is 0 Å². The molecule has 0 saturated heterocycles. The van der Waals surface area contributed by atoms with E-state index in [1.807, 2.05) is 19.1 Å². The third-order valence-corrected chi connectivity index (χ3v) is 9.95. The number of ether oxygens (including phenoxy) is 1. The molecular formula is C31H23F2O5PS2. The van der Waals surface area contributed by atoms with Crippen molar-refractivity contribution in [1.29, 1.82) is 0 Å². The molecule has 0 bridgehead atoms. The molecule has 0 aromatic heterocycles. The Hall–Kier alpha value is -3.49. The Morgan fingerprint density at radius 3 is 1.83 bits per heavy atom. The Labute approximate surface area is 244 Å². The molecule has 0 saturated carbocycles. The van der Waals surface area contributed by atoms with Crippen molar-refractivity contribution in [3.8, 4) is 5.75 Å². The molecule has 0 amide bonds. The number of halogens is 2. The van der Waals surface area contributed by atoms with Gasteiger partial charge in [0.2, 0.25) is 0 Å². The van der Waals surface area contributed by atoms with Crippen molar-refractivity contribution >= 4 is 55.0 Å². The van der Waals surface area contributed by atoms with Gasteiger partial charge in [-0.05, 0) is 60.5 Å². The van der Waals surface area contributed by atoms with Crippen molar-refractivity contribution < 1.29 is 32.0 Å². The van der Waals surface area contributed by atoms with Crippen molar-refractivity contribution in [2.75, 3.05) is 7.11 Å². The van der Waals surface area contributed by atoms with Gasteiger partial charge in [-0.2, -0.15) is 0 Å². The lowest BCUT2D eigenvalue weighted by Crippen LogP contribution is -1.99. The van der Waals surface area contributed by atoms with E-state index in [1.54, 1.807) is 48.5 Å². The van der Waals surface area contributed by atoms with E-state index >= 15 is 0 Å². The van der Waals surface area contributed by atoms with Crippen LogP contribution in [0.2, 0.25) is 0 Å². The van der Waals surface area contributed by atoms with Gasteiger partial charge in [0.05, 0.1) is 12.0 Å². The summed E-state index contributed by atoms with van der Waals surface area (Å²) in [6, 6.07) is 20.0. The summed E-state index contributed by atoms with van der Waals surface area (Å²) in [7, 11) is -3.41. The lowest BCUT2D eigenvalue weighted by atomic mass is 10.1. The second kappa shape index (κ2) is 11.1. The minimum atomic E-state index is -4.92. The maximum atomic E-state index is 15.0. The predicted molar refractivity (Wildman–Crippen MR) is 158 cm³/mol. The summed E-state index contributed by atoms with van der Waals surface area (Å²) < 4.78 is 60.6. The molecule has 0 radical (unpaired) electrons. The van der Waals surface area contributed by atoms with E-state index in [9.17, 15) is 18.2 Å². The van der Waals surface area contributed by atoms with E-state index in [0.717, 1.165) is 10.5 Å². The minimum absolute atomic E-state index is 0.0153. The first-order chi connectivity index (χ1) is 19.8. The summed E-state index contributed by atoms with van der Waals surface area (Å²) in [5.41, 5.74) is 2.38. The van der Waals surface area contributed by atoms with Gasteiger partial charge in [-0.1, -0.05) is 66.8 Å². The predicted octanol–water partition coefficient (Wildman–Crippen LogP) is 9.29. The maximum absolute atomic E-state index is 15.0. The van der Waals surface area contributed by atoms with Crippen molar-refractivity contribution in [3.63, 3.8) is 0 Å². The van der Waals surface area contributed by atoms with Crippen LogP contribution in [-0.2, 0) is 20.0 Å². The number of phosphoric ester groups is 1. The van der Waals surface area contributed by atoms with Gasteiger partial charge in [-0.25, -0.2) is 13.3 Å². The highest BCUT2D eigenvalue weighted by molar-refractivity contribution is 7.99. The maximum Gasteiger partial charge on any atom is 0.584 e. The monoisotopic (exact) mass is 608 g/mol. The summed E-state index contributed by atoms with van der Waals surface area (Å²) in [5.74, 6) is -0.609. The van der Waals surface area contributed by atoms with Gasteiger partial charge in [-0.3, -0.25) is 4.89 Å². The SMILES string of the molecule is CCc1cccc2c1Sc1cccc(F)c1C=C2OP(=O)(O)OC1=Cc2c(F)cccc2Sc2c(OC)cccc21. The van der Waals surface area contributed by atoms with Gasteiger partial charge < -0.3 is 13.8 Å². The number of methoxy groups -OCH3 is 1. The zero-order chi connectivity index (χ0) is 28.7. The molecule has 6 rings (SSSR count). The van der Waals surface area contributed by atoms with Crippen LogP contribution in [0.25, 0.3) is 23.7 Å². The summed E-state index contributed by atoms with van der Waals surface area (Å²) in [5, 5.41) is 0. The van der Waals surface area contributed by atoms with E-state index in [1.165, 1.54) is 54.9 Å². The standard InChI is InChI=1S/C31H23F2O5PS2/c1-3-18-8-4-9-19-26(16-21-23(32)11-6-14-28(21)40-30(18)19)37-39(34,35)38-27-17-22-24(33)12-7-15-29(22)41-31-20(27)10-5-13-25(31)36-2/h4-17H,3H2,1-2H3,(H,34,35). The van der Waals surface area contributed by atoms with Crippen molar-refractivity contribution in [1.82, 2.24) is 0 Å². The van der Waals surface area contributed by atoms with Gasteiger partial charge >= 0.3 is 7.82 Å². The lowest BCUT2D eigenvalue weighted by molar-refractivity contribution is 0.264. The van der Waals surface area contributed by atoms with Crippen molar-refractivity contribution in [3.05, 3.63) is 112 Å².